The van der Waals surface area contributed by atoms with Crippen LogP contribution in [0.5, 0.6) is 0 Å². The summed E-state index contributed by atoms with van der Waals surface area (Å²) >= 11 is 0.190. The Morgan fingerprint density at radius 2 is 2.00 bits per heavy atom. The van der Waals surface area contributed by atoms with Gasteiger partial charge in [-0.3, -0.25) is 0 Å². The van der Waals surface area contributed by atoms with E-state index >= 15 is 0 Å². The Balaban J connectivity index is 0. The quantitative estimate of drug-likeness (QED) is 0.492. The van der Waals surface area contributed by atoms with Gasteiger partial charge in [0.05, 0.1) is 0 Å². The SMILES string of the molecule is CCC[CH2][Sn][CH3].O. The monoisotopic (exact) mass is 210 g/mol. The maximum atomic E-state index is 2.40. The van der Waals surface area contributed by atoms with E-state index in [1.54, 1.807) is 4.44 Å². The molecular weight excluding hydrogens is 195 g/mol. The molecule has 0 aromatic carbocycles. The fourth-order valence-corrected chi connectivity index (χ4v) is 2.37. The Kier molecular flexibility index (Phi) is 15.1. The molecule has 0 bridgehead atoms. The third-order valence-electron chi connectivity index (χ3n) is 0.780. The van der Waals surface area contributed by atoms with Crippen LogP contribution in [0.4, 0.5) is 0 Å². The minimum absolute atomic E-state index is 0. The molecule has 44 valence electrons. The van der Waals surface area contributed by atoms with Crippen LogP contribution in [0.1, 0.15) is 19.8 Å². The third kappa shape index (κ3) is 10.8. The maximum Gasteiger partial charge on any atom is -0.412 e. The van der Waals surface area contributed by atoms with E-state index in [1.165, 1.54) is 12.8 Å². The Labute approximate surface area is 56.0 Å². The van der Waals surface area contributed by atoms with Crippen molar-refractivity contribution < 1.29 is 5.48 Å². The van der Waals surface area contributed by atoms with Crippen LogP contribution in [0.15, 0.2) is 0 Å². The normalized spacial score (nSPS) is 7.71. The van der Waals surface area contributed by atoms with Crippen LogP contribution >= 0.6 is 0 Å². The minimum atomic E-state index is 0. The molecule has 0 aliphatic carbocycles. The fourth-order valence-electron chi connectivity index (χ4n) is 0.354. The largest absolute Gasteiger partial charge is 0.412 e. The van der Waals surface area contributed by atoms with Gasteiger partial charge in [0, 0.05) is 0 Å². The summed E-state index contributed by atoms with van der Waals surface area (Å²) in [6.45, 7) is 2.26. The summed E-state index contributed by atoms with van der Waals surface area (Å²) < 4.78 is 1.58. The van der Waals surface area contributed by atoms with E-state index in [2.05, 4.69) is 11.9 Å². The minimum Gasteiger partial charge on any atom is -0.412 e. The van der Waals surface area contributed by atoms with Gasteiger partial charge in [0.1, 0.15) is 0 Å². The summed E-state index contributed by atoms with van der Waals surface area (Å²) in [7, 11) is 0. The van der Waals surface area contributed by atoms with Crippen LogP contribution in [0.25, 0.3) is 0 Å². The molecule has 0 aromatic heterocycles. The molecule has 1 nitrogen and oxygen atoms in total. The van der Waals surface area contributed by atoms with Crippen LogP contribution in [-0.2, 0) is 0 Å². The summed E-state index contributed by atoms with van der Waals surface area (Å²) in [6.07, 6.45) is 2.89. The molecule has 0 atom stereocenters. The third-order valence-corrected chi connectivity index (χ3v) is 3.22. The summed E-state index contributed by atoms with van der Waals surface area (Å²) in [4.78, 5) is 2.40. The van der Waals surface area contributed by atoms with Gasteiger partial charge in [-0.1, -0.05) is 0 Å². The van der Waals surface area contributed by atoms with Crippen molar-refractivity contribution in [1.29, 1.82) is 0 Å². The van der Waals surface area contributed by atoms with Gasteiger partial charge in [0.15, 0.2) is 0 Å². The molecule has 0 rings (SSSR count). The van der Waals surface area contributed by atoms with E-state index in [0.29, 0.717) is 0 Å². The van der Waals surface area contributed by atoms with Crippen molar-refractivity contribution in [2.75, 3.05) is 0 Å². The number of hydrogen-bond donors (Lipinski definition) is 0. The molecule has 0 heterocycles. The standard InChI is InChI=1S/C4H9.CH3.H2O.Sn/c1-3-4-2;;;/h1,3-4H2,2H3;1H3;1H2;. The predicted octanol–water partition coefficient (Wildman–Crippen LogP) is 1.13. The van der Waals surface area contributed by atoms with Gasteiger partial charge < -0.3 is 5.48 Å². The van der Waals surface area contributed by atoms with Crippen molar-refractivity contribution in [2.24, 2.45) is 0 Å². The molecule has 2 radical (unpaired) electrons. The van der Waals surface area contributed by atoms with Crippen LogP contribution < -0.4 is 0 Å². The topological polar surface area (TPSA) is 31.5 Å². The summed E-state index contributed by atoms with van der Waals surface area (Å²) in [5.41, 5.74) is 0. The first-order valence-electron chi connectivity index (χ1n) is 2.56. The van der Waals surface area contributed by atoms with Gasteiger partial charge in [-0.05, 0) is 0 Å². The van der Waals surface area contributed by atoms with Gasteiger partial charge in [0.2, 0.25) is 0 Å². The second-order valence-electron chi connectivity index (χ2n) is 1.46. The van der Waals surface area contributed by atoms with Crippen molar-refractivity contribution in [3.63, 3.8) is 0 Å². The molecule has 0 aliphatic rings. The molecule has 0 aliphatic heterocycles. The van der Waals surface area contributed by atoms with Gasteiger partial charge in [-0.15, -0.1) is 0 Å². The first-order chi connectivity index (χ1) is 2.91. The van der Waals surface area contributed by atoms with E-state index in [1.807, 2.05) is 0 Å². The van der Waals surface area contributed by atoms with Crippen LogP contribution in [0, 0.1) is 0 Å². The summed E-state index contributed by atoms with van der Waals surface area (Å²) in [5.74, 6) is 0. The first kappa shape index (κ1) is 10.7. The van der Waals surface area contributed by atoms with Crippen LogP contribution in [0.2, 0.25) is 9.38 Å². The van der Waals surface area contributed by atoms with Crippen molar-refractivity contribution in [2.45, 2.75) is 29.1 Å². The molecule has 2 heteroatoms. The van der Waals surface area contributed by atoms with E-state index < -0.39 is 0 Å². The van der Waals surface area contributed by atoms with E-state index in [0.717, 1.165) is 0 Å². The summed E-state index contributed by atoms with van der Waals surface area (Å²) in [5, 5.41) is 0. The van der Waals surface area contributed by atoms with Gasteiger partial charge in [-0.2, -0.15) is 0 Å². The predicted molar refractivity (Wildman–Crippen MR) is 34.9 cm³/mol. The Hall–Kier alpha value is 0.759. The van der Waals surface area contributed by atoms with Gasteiger partial charge in [-0.25, -0.2) is 0 Å². The number of unbranched alkanes of at least 4 members (excludes halogenated alkanes) is 1. The average molecular weight is 209 g/mol. The van der Waals surface area contributed by atoms with Crippen molar-refractivity contribution >= 4 is 21.1 Å². The molecule has 0 unspecified atom stereocenters. The molecule has 0 fully saturated rings. The Morgan fingerprint density at radius 1 is 1.43 bits per heavy atom. The van der Waals surface area contributed by atoms with E-state index in [4.69, 9.17) is 0 Å². The van der Waals surface area contributed by atoms with E-state index in [9.17, 15) is 0 Å². The summed E-state index contributed by atoms with van der Waals surface area (Å²) in [6, 6.07) is 0. The molecule has 0 spiro atoms. The molecule has 7 heavy (non-hydrogen) atoms. The number of rotatable bonds is 3. The molecule has 0 aromatic rings. The Morgan fingerprint density at radius 3 is 2.14 bits per heavy atom. The van der Waals surface area contributed by atoms with Crippen molar-refractivity contribution in [1.82, 2.24) is 0 Å². The van der Waals surface area contributed by atoms with Crippen molar-refractivity contribution in [3.8, 4) is 0 Å². The molecule has 0 saturated carbocycles. The molecule has 0 saturated heterocycles. The maximum absolute atomic E-state index is 2.40. The van der Waals surface area contributed by atoms with E-state index in [-0.39, 0.29) is 26.6 Å². The second-order valence-corrected chi connectivity index (χ2v) is 4.90. The number of hydrogen-bond acceptors (Lipinski definition) is 0. The first-order valence-corrected chi connectivity index (χ1v) is 7.43. The fraction of sp³-hybridized carbons (Fsp3) is 1.00. The van der Waals surface area contributed by atoms with Crippen LogP contribution in [0.3, 0.4) is 0 Å². The Bertz CT molecular complexity index is 20.0. The molecule has 2 N–H and O–H groups in total. The average Bonchev–Trinajstić information content (AvgIpc) is 1.61. The zero-order chi connectivity index (χ0) is 4.83. The molecule has 0 amide bonds. The zero-order valence-corrected chi connectivity index (χ0v) is 7.98. The molecular formula is C5H14OSn. The van der Waals surface area contributed by atoms with Crippen LogP contribution in [-0.4, -0.2) is 26.6 Å². The smallest absolute Gasteiger partial charge is 0.412 e. The van der Waals surface area contributed by atoms with Crippen molar-refractivity contribution in [3.05, 3.63) is 0 Å². The second kappa shape index (κ2) is 9.90. The zero-order valence-electron chi connectivity index (χ0n) is 5.12. The van der Waals surface area contributed by atoms with Gasteiger partial charge >= 0.3 is 50.3 Å². The van der Waals surface area contributed by atoms with Gasteiger partial charge in [0.25, 0.3) is 0 Å².